The van der Waals surface area contributed by atoms with E-state index in [9.17, 15) is 9.59 Å². The molecule has 0 saturated carbocycles. The average Bonchev–Trinajstić information content (AvgIpc) is 2.46. The van der Waals surface area contributed by atoms with Gasteiger partial charge in [-0.15, -0.1) is 0 Å². The van der Waals surface area contributed by atoms with Crippen molar-refractivity contribution in [1.82, 2.24) is 4.90 Å². The molecule has 0 aliphatic rings. The Bertz CT molecular complexity index is 271. The molecule has 0 fully saturated rings. The Balaban J connectivity index is 0. The smallest absolute Gasteiger partial charge is 0.338 e. The van der Waals surface area contributed by atoms with Crippen LogP contribution >= 0.6 is 0 Å². The molecule has 7 nitrogen and oxygen atoms in total. The standard InChI is InChI=1S/C13H27N3O4.Pt/c1-3-8-16(9-4-2)10-6-5-7-11(12(17)19-14)13(18)20-15;/h11H,3-10,14-15H2,1-2H3;. The fraction of sp³-hybridized carbons (Fsp3) is 0.846. The second kappa shape index (κ2) is 14.4. The zero-order chi connectivity index (χ0) is 15.4. The van der Waals surface area contributed by atoms with Crippen LogP contribution < -0.4 is 11.8 Å². The molecule has 0 rings (SSSR count). The van der Waals surface area contributed by atoms with Gasteiger partial charge >= 0.3 is 11.9 Å². The van der Waals surface area contributed by atoms with Crippen molar-refractivity contribution in [3.63, 3.8) is 0 Å². The summed E-state index contributed by atoms with van der Waals surface area (Å²) in [5.74, 6) is 6.94. The molecule has 0 saturated heterocycles. The second-order valence-corrected chi connectivity index (χ2v) is 4.76. The third kappa shape index (κ3) is 9.96. The predicted octanol–water partition coefficient (Wildman–Crippen LogP) is 0.726. The molecule has 0 bridgehead atoms. The number of unbranched alkanes of at least 4 members (excludes halogenated alkanes) is 1. The molecule has 0 aliphatic carbocycles. The van der Waals surface area contributed by atoms with Gasteiger partial charge in [-0.25, -0.2) is 9.59 Å². The molecule has 0 heterocycles. The first kappa shape index (κ1) is 22.8. The molecule has 0 radical (unpaired) electrons. The summed E-state index contributed by atoms with van der Waals surface area (Å²) in [6.45, 7) is 7.37. The maximum atomic E-state index is 11.3. The minimum Gasteiger partial charge on any atom is -0.373 e. The summed E-state index contributed by atoms with van der Waals surface area (Å²) in [5, 5.41) is 0. The summed E-state index contributed by atoms with van der Waals surface area (Å²) in [6.07, 6.45) is 4.16. The molecule has 0 amide bonds. The van der Waals surface area contributed by atoms with Gasteiger partial charge in [-0.2, -0.15) is 11.8 Å². The average molecular weight is 484 g/mol. The van der Waals surface area contributed by atoms with Crippen molar-refractivity contribution in [3.8, 4) is 0 Å². The van der Waals surface area contributed by atoms with E-state index >= 15 is 0 Å². The van der Waals surface area contributed by atoms with Crippen LogP contribution in [0, 0.1) is 5.92 Å². The number of nitrogens with zero attached hydrogens (tertiary/aromatic N) is 1. The largest absolute Gasteiger partial charge is 0.373 e. The Hall–Kier alpha value is -0.492. The van der Waals surface area contributed by atoms with E-state index in [4.69, 9.17) is 11.8 Å². The second-order valence-electron chi connectivity index (χ2n) is 4.76. The van der Waals surface area contributed by atoms with E-state index in [1.807, 2.05) is 0 Å². The topological polar surface area (TPSA) is 108 Å². The SMILES string of the molecule is CCCN(CCC)CCCCC(C(=O)ON)C(=O)ON.[Pt]. The van der Waals surface area contributed by atoms with Crippen LogP contribution in [0.3, 0.4) is 0 Å². The van der Waals surface area contributed by atoms with Gasteiger partial charge in [0, 0.05) is 21.1 Å². The van der Waals surface area contributed by atoms with Gasteiger partial charge in [0.15, 0.2) is 5.92 Å². The number of rotatable bonds is 11. The molecule has 0 aromatic rings. The number of hydrogen-bond acceptors (Lipinski definition) is 7. The van der Waals surface area contributed by atoms with Crippen LogP contribution in [-0.4, -0.2) is 36.5 Å². The maximum absolute atomic E-state index is 11.3. The van der Waals surface area contributed by atoms with Crippen LogP contribution in [0.1, 0.15) is 46.0 Å². The molecule has 21 heavy (non-hydrogen) atoms. The van der Waals surface area contributed by atoms with E-state index in [0.29, 0.717) is 12.8 Å². The van der Waals surface area contributed by atoms with E-state index in [1.54, 1.807) is 0 Å². The molecule has 0 unspecified atom stereocenters. The van der Waals surface area contributed by atoms with E-state index < -0.39 is 17.9 Å². The van der Waals surface area contributed by atoms with E-state index in [0.717, 1.165) is 38.9 Å². The van der Waals surface area contributed by atoms with Gasteiger partial charge in [0.05, 0.1) is 0 Å². The fourth-order valence-electron chi connectivity index (χ4n) is 2.15. The van der Waals surface area contributed by atoms with Crippen molar-refractivity contribution in [3.05, 3.63) is 0 Å². The van der Waals surface area contributed by atoms with Crippen molar-refractivity contribution in [2.45, 2.75) is 46.0 Å². The van der Waals surface area contributed by atoms with Crippen LogP contribution in [0.2, 0.25) is 0 Å². The van der Waals surface area contributed by atoms with Crippen molar-refractivity contribution in [2.75, 3.05) is 19.6 Å². The number of carbonyl (C=O) groups is 2. The monoisotopic (exact) mass is 484 g/mol. The molecule has 0 spiro atoms. The van der Waals surface area contributed by atoms with Crippen molar-refractivity contribution in [2.24, 2.45) is 17.7 Å². The number of hydrogen-bond donors (Lipinski definition) is 2. The Morgan fingerprint density at radius 2 is 1.43 bits per heavy atom. The van der Waals surface area contributed by atoms with Gasteiger partial charge in [0.1, 0.15) is 0 Å². The molecule has 0 atom stereocenters. The first-order valence-electron chi connectivity index (χ1n) is 7.14. The molecule has 8 heteroatoms. The fourth-order valence-corrected chi connectivity index (χ4v) is 2.15. The summed E-state index contributed by atoms with van der Waals surface area (Å²) in [5.41, 5.74) is 0. The van der Waals surface area contributed by atoms with E-state index in [2.05, 4.69) is 28.4 Å². The summed E-state index contributed by atoms with van der Waals surface area (Å²) in [7, 11) is 0. The number of nitrogens with two attached hydrogens (primary N) is 2. The van der Waals surface area contributed by atoms with Gasteiger partial charge in [-0.05, 0) is 45.3 Å². The van der Waals surface area contributed by atoms with Gasteiger partial charge in [0.2, 0.25) is 0 Å². The van der Waals surface area contributed by atoms with Gasteiger partial charge < -0.3 is 14.6 Å². The zero-order valence-corrected chi connectivity index (χ0v) is 15.1. The maximum Gasteiger partial charge on any atom is 0.338 e. The Labute approximate surface area is 140 Å². The molecular formula is C13H27N3O4Pt. The molecular weight excluding hydrogens is 457 g/mol. The minimum atomic E-state index is -1.03. The van der Waals surface area contributed by atoms with Crippen molar-refractivity contribution in [1.29, 1.82) is 0 Å². The molecule has 0 aliphatic heterocycles. The molecule has 0 aromatic heterocycles. The minimum absolute atomic E-state index is 0. The Kier molecular flexibility index (Phi) is 15.7. The first-order chi connectivity index (χ1) is 9.60. The summed E-state index contributed by atoms with van der Waals surface area (Å²) < 4.78 is 0. The van der Waals surface area contributed by atoms with Gasteiger partial charge in [-0.1, -0.05) is 20.3 Å². The summed E-state index contributed by atoms with van der Waals surface area (Å²) in [6, 6.07) is 0. The Morgan fingerprint density at radius 1 is 0.952 bits per heavy atom. The van der Waals surface area contributed by atoms with Crippen LogP contribution in [0.5, 0.6) is 0 Å². The Morgan fingerprint density at radius 3 is 1.81 bits per heavy atom. The van der Waals surface area contributed by atoms with E-state index in [-0.39, 0.29) is 21.1 Å². The van der Waals surface area contributed by atoms with Crippen LogP contribution in [0.15, 0.2) is 0 Å². The summed E-state index contributed by atoms with van der Waals surface area (Å²) in [4.78, 5) is 33.2. The molecule has 4 N–H and O–H groups in total. The van der Waals surface area contributed by atoms with Crippen molar-refractivity contribution >= 4 is 11.9 Å². The van der Waals surface area contributed by atoms with Gasteiger partial charge in [-0.3, -0.25) is 0 Å². The normalized spacial score (nSPS) is 10.4. The van der Waals surface area contributed by atoms with Crippen LogP contribution in [-0.2, 0) is 40.3 Å². The number of carbonyl (C=O) groups excluding carboxylic acids is 2. The molecule has 0 aromatic carbocycles. The van der Waals surface area contributed by atoms with Crippen LogP contribution in [0.4, 0.5) is 0 Å². The quantitative estimate of drug-likeness (QED) is 0.253. The van der Waals surface area contributed by atoms with E-state index in [1.165, 1.54) is 0 Å². The third-order valence-corrected chi connectivity index (χ3v) is 3.10. The van der Waals surface area contributed by atoms with Crippen LogP contribution in [0.25, 0.3) is 0 Å². The third-order valence-electron chi connectivity index (χ3n) is 3.10. The predicted molar refractivity (Wildman–Crippen MR) is 74.9 cm³/mol. The zero-order valence-electron chi connectivity index (χ0n) is 12.8. The first-order valence-corrected chi connectivity index (χ1v) is 7.14. The molecule has 128 valence electrons. The summed E-state index contributed by atoms with van der Waals surface area (Å²) >= 11 is 0. The van der Waals surface area contributed by atoms with Crippen molar-refractivity contribution < 1.29 is 40.3 Å². The van der Waals surface area contributed by atoms with Gasteiger partial charge in [0.25, 0.3) is 0 Å².